The van der Waals surface area contributed by atoms with E-state index in [1.165, 1.54) is 4.31 Å². The smallest absolute Gasteiger partial charge is 0.276 e. The van der Waals surface area contributed by atoms with Crippen molar-refractivity contribution in [2.75, 3.05) is 32.6 Å². The Hall–Kier alpha value is -2.33. The fourth-order valence-corrected chi connectivity index (χ4v) is 3.58. The second-order valence-corrected chi connectivity index (χ2v) is 8.12. The largest absolute Gasteiger partial charge is 0.490 e. The Morgan fingerprint density at radius 1 is 1.11 bits per heavy atom. The van der Waals surface area contributed by atoms with E-state index in [-0.39, 0.29) is 18.4 Å². The van der Waals surface area contributed by atoms with Gasteiger partial charge in [0, 0.05) is 19.0 Å². The second-order valence-electron chi connectivity index (χ2n) is 6.14. The maximum atomic E-state index is 12.1. The normalized spacial score (nSPS) is 15.8. The van der Waals surface area contributed by atoms with Crippen LogP contribution in [0.4, 0.5) is 0 Å². The summed E-state index contributed by atoms with van der Waals surface area (Å²) in [6.07, 6.45) is 1.97. The fraction of sp³-hybridized carbons (Fsp3) is 0.529. The van der Waals surface area contributed by atoms with Gasteiger partial charge in [0.15, 0.2) is 18.1 Å². The van der Waals surface area contributed by atoms with Gasteiger partial charge in [0.2, 0.25) is 15.9 Å². The minimum Gasteiger partial charge on any atom is -0.490 e. The van der Waals surface area contributed by atoms with Gasteiger partial charge in [-0.05, 0) is 31.9 Å². The second kappa shape index (κ2) is 9.56. The zero-order valence-electron chi connectivity index (χ0n) is 15.4. The summed E-state index contributed by atoms with van der Waals surface area (Å²) in [5, 5.41) is 0. The zero-order valence-corrected chi connectivity index (χ0v) is 16.3. The first-order valence-corrected chi connectivity index (χ1v) is 10.5. The number of hydrazine groups is 1. The summed E-state index contributed by atoms with van der Waals surface area (Å²) in [7, 11) is -3.24. The molecule has 27 heavy (non-hydrogen) atoms. The van der Waals surface area contributed by atoms with Crippen molar-refractivity contribution < 1.29 is 27.5 Å². The van der Waals surface area contributed by atoms with Crippen LogP contribution in [0, 0.1) is 5.92 Å². The average Bonchev–Trinajstić information content (AvgIpc) is 2.65. The van der Waals surface area contributed by atoms with Crippen LogP contribution in [-0.2, 0) is 19.6 Å². The summed E-state index contributed by atoms with van der Waals surface area (Å²) >= 11 is 0. The SMILES string of the molecule is CCOc1ccccc1OCC(=O)NNC(=O)C1CCN(S(C)(=O)=O)CC1. The van der Waals surface area contributed by atoms with E-state index in [1.54, 1.807) is 24.3 Å². The molecule has 1 heterocycles. The van der Waals surface area contributed by atoms with Gasteiger partial charge in [-0.1, -0.05) is 12.1 Å². The van der Waals surface area contributed by atoms with Crippen molar-refractivity contribution in [3.8, 4) is 11.5 Å². The summed E-state index contributed by atoms with van der Waals surface area (Å²) in [6, 6.07) is 6.99. The minimum absolute atomic E-state index is 0.281. The van der Waals surface area contributed by atoms with Crippen molar-refractivity contribution in [1.82, 2.24) is 15.2 Å². The molecule has 0 unspecified atom stereocenters. The van der Waals surface area contributed by atoms with Crippen molar-refractivity contribution in [3.05, 3.63) is 24.3 Å². The zero-order chi connectivity index (χ0) is 19.9. The molecule has 1 aliphatic heterocycles. The van der Waals surface area contributed by atoms with E-state index in [9.17, 15) is 18.0 Å². The summed E-state index contributed by atoms with van der Waals surface area (Å²) in [5.74, 6) is -0.221. The van der Waals surface area contributed by atoms with Crippen molar-refractivity contribution in [1.29, 1.82) is 0 Å². The molecule has 150 valence electrons. The number of nitrogens with one attached hydrogen (secondary N) is 2. The number of hydrogen-bond acceptors (Lipinski definition) is 6. The van der Waals surface area contributed by atoms with Crippen molar-refractivity contribution in [2.24, 2.45) is 5.92 Å². The van der Waals surface area contributed by atoms with Gasteiger partial charge in [0.1, 0.15) is 0 Å². The summed E-state index contributed by atoms with van der Waals surface area (Å²) in [6.45, 7) is 2.63. The highest BCUT2D eigenvalue weighted by Crippen LogP contribution is 2.26. The number of amides is 2. The van der Waals surface area contributed by atoms with Gasteiger partial charge in [-0.25, -0.2) is 12.7 Å². The first-order valence-electron chi connectivity index (χ1n) is 8.69. The van der Waals surface area contributed by atoms with E-state index in [2.05, 4.69) is 10.9 Å². The Labute approximate surface area is 159 Å². The van der Waals surface area contributed by atoms with Crippen LogP contribution < -0.4 is 20.3 Å². The molecule has 1 fully saturated rings. The first kappa shape index (κ1) is 21.0. The van der Waals surface area contributed by atoms with E-state index in [1.807, 2.05) is 6.92 Å². The Morgan fingerprint density at radius 3 is 2.26 bits per heavy atom. The Bertz CT molecular complexity index is 760. The van der Waals surface area contributed by atoms with Crippen molar-refractivity contribution in [3.63, 3.8) is 0 Å². The fourth-order valence-electron chi connectivity index (χ4n) is 2.71. The molecule has 0 atom stereocenters. The number of para-hydroxylation sites is 2. The standard InChI is InChI=1S/C17H25N3O6S/c1-3-25-14-6-4-5-7-15(14)26-12-16(21)18-19-17(22)13-8-10-20(11-9-13)27(2,23)24/h4-7,13H,3,8-12H2,1-2H3,(H,18,21)(H,19,22). The molecule has 9 nitrogen and oxygen atoms in total. The third kappa shape index (κ3) is 6.40. The Kier molecular flexibility index (Phi) is 7.43. The molecule has 2 amide bonds. The number of piperidine rings is 1. The predicted octanol–water partition coefficient (Wildman–Crippen LogP) is 0.283. The summed E-state index contributed by atoms with van der Waals surface area (Å²) in [5.41, 5.74) is 4.67. The van der Waals surface area contributed by atoms with Crippen LogP contribution in [0.3, 0.4) is 0 Å². The molecule has 0 aliphatic carbocycles. The molecule has 0 aromatic heterocycles. The average molecular weight is 399 g/mol. The Morgan fingerprint density at radius 2 is 1.70 bits per heavy atom. The van der Waals surface area contributed by atoms with Gasteiger partial charge in [0.05, 0.1) is 12.9 Å². The molecule has 10 heteroatoms. The van der Waals surface area contributed by atoms with Gasteiger partial charge in [-0.3, -0.25) is 20.4 Å². The predicted molar refractivity (Wildman–Crippen MR) is 98.5 cm³/mol. The molecule has 0 radical (unpaired) electrons. The van der Waals surface area contributed by atoms with E-state index in [0.29, 0.717) is 44.0 Å². The van der Waals surface area contributed by atoms with Crippen LogP contribution in [0.15, 0.2) is 24.3 Å². The highest BCUT2D eigenvalue weighted by atomic mass is 32.2. The van der Waals surface area contributed by atoms with Crippen LogP contribution >= 0.6 is 0 Å². The molecule has 1 aromatic carbocycles. The van der Waals surface area contributed by atoms with Gasteiger partial charge in [-0.15, -0.1) is 0 Å². The van der Waals surface area contributed by atoms with E-state index in [4.69, 9.17) is 9.47 Å². The molecular formula is C17H25N3O6S. The van der Waals surface area contributed by atoms with Crippen LogP contribution in [0.1, 0.15) is 19.8 Å². The summed E-state index contributed by atoms with van der Waals surface area (Å²) < 4.78 is 35.1. The van der Waals surface area contributed by atoms with Gasteiger partial charge in [0.25, 0.3) is 5.91 Å². The van der Waals surface area contributed by atoms with Crippen molar-refractivity contribution >= 4 is 21.8 Å². The van der Waals surface area contributed by atoms with E-state index < -0.39 is 15.9 Å². The highest BCUT2D eigenvalue weighted by molar-refractivity contribution is 7.88. The molecule has 0 saturated carbocycles. The van der Waals surface area contributed by atoms with Gasteiger partial charge >= 0.3 is 0 Å². The molecule has 1 aromatic rings. The Balaban J connectivity index is 1.74. The molecule has 2 rings (SSSR count). The van der Waals surface area contributed by atoms with Crippen LogP contribution in [0.5, 0.6) is 11.5 Å². The quantitative estimate of drug-likeness (QED) is 0.637. The van der Waals surface area contributed by atoms with Crippen molar-refractivity contribution in [2.45, 2.75) is 19.8 Å². The molecule has 1 saturated heterocycles. The lowest BCUT2D eigenvalue weighted by atomic mass is 9.98. The van der Waals surface area contributed by atoms with E-state index >= 15 is 0 Å². The number of sulfonamides is 1. The molecule has 2 N–H and O–H groups in total. The lowest BCUT2D eigenvalue weighted by Crippen LogP contribution is -2.49. The number of hydrogen-bond donors (Lipinski definition) is 2. The topological polar surface area (TPSA) is 114 Å². The van der Waals surface area contributed by atoms with E-state index in [0.717, 1.165) is 6.26 Å². The van der Waals surface area contributed by atoms with Crippen LogP contribution in [0.2, 0.25) is 0 Å². The number of ether oxygens (including phenoxy) is 2. The summed E-state index contributed by atoms with van der Waals surface area (Å²) in [4.78, 5) is 24.0. The third-order valence-corrected chi connectivity index (χ3v) is 5.43. The van der Waals surface area contributed by atoms with Gasteiger partial charge in [-0.2, -0.15) is 0 Å². The lowest BCUT2D eigenvalue weighted by molar-refractivity contribution is -0.132. The van der Waals surface area contributed by atoms with Gasteiger partial charge < -0.3 is 9.47 Å². The molecular weight excluding hydrogens is 374 g/mol. The maximum Gasteiger partial charge on any atom is 0.276 e. The lowest BCUT2D eigenvalue weighted by Gasteiger charge is -2.29. The number of nitrogens with zero attached hydrogens (tertiary/aromatic N) is 1. The number of carbonyl (C=O) groups is 2. The molecule has 0 spiro atoms. The van der Waals surface area contributed by atoms with Crippen LogP contribution in [0.25, 0.3) is 0 Å². The molecule has 0 bridgehead atoms. The third-order valence-electron chi connectivity index (χ3n) is 4.13. The monoisotopic (exact) mass is 399 g/mol. The van der Waals surface area contributed by atoms with Crippen LogP contribution in [-0.4, -0.2) is 57.1 Å². The number of benzene rings is 1. The highest BCUT2D eigenvalue weighted by Gasteiger charge is 2.29. The minimum atomic E-state index is -3.24. The maximum absolute atomic E-state index is 12.1. The number of carbonyl (C=O) groups excluding carboxylic acids is 2. The number of rotatable bonds is 7. The first-order chi connectivity index (χ1) is 12.8. The molecule has 1 aliphatic rings.